The average molecular weight is 279 g/mol. The van der Waals surface area contributed by atoms with Gasteiger partial charge in [0.2, 0.25) is 0 Å². The quantitative estimate of drug-likeness (QED) is 0.649. The lowest BCUT2D eigenvalue weighted by Crippen LogP contribution is -2.32. The number of rotatable bonds is 7. The van der Waals surface area contributed by atoms with Crippen LogP contribution in [0.25, 0.3) is 0 Å². The van der Waals surface area contributed by atoms with Crippen LogP contribution in [0.15, 0.2) is 0 Å². The zero-order valence-electron chi connectivity index (χ0n) is 9.71. The number of halogens is 1. The summed E-state index contributed by atoms with van der Waals surface area (Å²) in [5.41, 5.74) is 0. The van der Waals surface area contributed by atoms with Gasteiger partial charge in [-0.3, -0.25) is 0 Å². The maximum absolute atomic E-state index is 5.73. The molecule has 0 spiro atoms. The summed E-state index contributed by atoms with van der Waals surface area (Å²) >= 11 is 3.14. The predicted molar refractivity (Wildman–Crippen MR) is 66.2 cm³/mol. The summed E-state index contributed by atoms with van der Waals surface area (Å²) < 4.78 is 11.1. The number of ether oxygens (including phenoxy) is 1. The molecule has 1 saturated heterocycles. The highest BCUT2D eigenvalue weighted by atomic mass is 79.9. The van der Waals surface area contributed by atoms with Gasteiger partial charge >= 0.3 is 0 Å². The standard InChI is InChI=1S/C12H23BrO2/c1-2-3-4-5-9-12(15-13)11-8-6-7-10-14-11/h11-12H,2-10H2,1H3. The summed E-state index contributed by atoms with van der Waals surface area (Å²) in [4.78, 5) is 0. The van der Waals surface area contributed by atoms with E-state index in [1.54, 1.807) is 0 Å². The first kappa shape index (κ1) is 13.5. The van der Waals surface area contributed by atoms with Crippen molar-refractivity contribution in [2.24, 2.45) is 0 Å². The normalized spacial score (nSPS) is 24.0. The van der Waals surface area contributed by atoms with Crippen LogP contribution in [-0.2, 0) is 8.57 Å². The lowest BCUT2D eigenvalue weighted by molar-refractivity contribution is -0.0462. The fourth-order valence-electron chi connectivity index (χ4n) is 2.12. The monoisotopic (exact) mass is 278 g/mol. The third kappa shape index (κ3) is 5.32. The fraction of sp³-hybridized carbons (Fsp3) is 1.00. The Morgan fingerprint density at radius 2 is 2.20 bits per heavy atom. The van der Waals surface area contributed by atoms with E-state index >= 15 is 0 Å². The summed E-state index contributed by atoms with van der Waals surface area (Å²) in [7, 11) is 0. The lowest BCUT2D eigenvalue weighted by atomic mass is 9.99. The SMILES string of the molecule is CCCCCCC(OBr)C1CCCCO1. The Morgan fingerprint density at radius 3 is 2.80 bits per heavy atom. The van der Waals surface area contributed by atoms with Crippen LogP contribution in [0.1, 0.15) is 58.3 Å². The first-order valence-corrected chi connectivity index (χ1v) is 6.92. The molecular formula is C12H23BrO2. The molecule has 3 heteroatoms. The van der Waals surface area contributed by atoms with Crippen LogP contribution in [-0.4, -0.2) is 18.8 Å². The van der Waals surface area contributed by atoms with Gasteiger partial charge in [0.1, 0.15) is 0 Å². The molecule has 90 valence electrons. The predicted octanol–water partition coefficient (Wildman–Crippen LogP) is 4.22. The Bertz CT molecular complexity index is 147. The summed E-state index contributed by atoms with van der Waals surface area (Å²) in [5.74, 6) is 0. The molecule has 15 heavy (non-hydrogen) atoms. The summed E-state index contributed by atoms with van der Waals surface area (Å²) in [6.45, 7) is 3.15. The maximum Gasteiger partial charge on any atom is 0.0991 e. The zero-order valence-corrected chi connectivity index (χ0v) is 11.3. The maximum atomic E-state index is 5.73. The van der Waals surface area contributed by atoms with Gasteiger partial charge in [-0.05, 0) is 25.7 Å². The van der Waals surface area contributed by atoms with Crippen molar-refractivity contribution >= 4 is 16.3 Å². The molecule has 1 aliphatic heterocycles. The van der Waals surface area contributed by atoms with Crippen molar-refractivity contribution in [2.45, 2.75) is 70.5 Å². The van der Waals surface area contributed by atoms with Crippen LogP contribution in [0.4, 0.5) is 0 Å². The molecule has 0 saturated carbocycles. The smallest absolute Gasteiger partial charge is 0.0991 e. The van der Waals surface area contributed by atoms with E-state index in [0.717, 1.165) is 19.4 Å². The van der Waals surface area contributed by atoms with Crippen LogP contribution in [0.2, 0.25) is 0 Å². The van der Waals surface area contributed by atoms with E-state index in [1.165, 1.54) is 38.5 Å². The van der Waals surface area contributed by atoms with Gasteiger partial charge in [0.25, 0.3) is 0 Å². The van der Waals surface area contributed by atoms with Gasteiger partial charge in [-0.1, -0.05) is 32.6 Å². The highest BCUT2D eigenvalue weighted by Gasteiger charge is 2.24. The summed E-state index contributed by atoms with van der Waals surface area (Å²) in [6, 6.07) is 0. The minimum absolute atomic E-state index is 0.252. The summed E-state index contributed by atoms with van der Waals surface area (Å²) in [6.07, 6.45) is 10.5. The van der Waals surface area contributed by atoms with Crippen molar-refractivity contribution in [3.05, 3.63) is 0 Å². The van der Waals surface area contributed by atoms with Crippen LogP contribution in [0.3, 0.4) is 0 Å². The Kier molecular flexibility index (Phi) is 7.67. The molecule has 0 aromatic rings. The second-order valence-corrected chi connectivity index (χ2v) is 4.76. The minimum Gasteiger partial charge on any atom is -0.375 e. The van der Waals surface area contributed by atoms with E-state index in [0.29, 0.717) is 6.10 Å². The lowest BCUT2D eigenvalue weighted by Gasteiger charge is -2.28. The second-order valence-electron chi connectivity index (χ2n) is 4.38. The Morgan fingerprint density at radius 1 is 1.33 bits per heavy atom. The fourth-order valence-corrected chi connectivity index (χ4v) is 2.55. The van der Waals surface area contributed by atoms with Gasteiger partial charge in [0, 0.05) is 6.61 Å². The highest BCUT2D eigenvalue weighted by Crippen LogP contribution is 2.23. The highest BCUT2D eigenvalue weighted by molar-refractivity contribution is 9.06. The van der Waals surface area contributed by atoms with Gasteiger partial charge in [0.15, 0.2) is 0 Å². The molecule has 0 aromatic heterocycles. The molecule has 1 fully saturated rings. The molecule has 0 aromatic carbocycles. The number of unbranched alkanes of at least 4 members (excludes halogenated alkanes) is 3. The topological polar surface area (TPSA) is 18.5 Å². The molecular weight excluding hydrogens is 256 g/mol. The molecule has 0 aliphatic carbocycles. The van der Waals surface area contributed by atoms with Gasteiger partial charge < -0.3 is 8.57 Å². The third-order valence-corrected chi connectivity index (χ3v) is 3.57. The van der Waals surface area contributed by atoms with E-state index in [2.05, 4.69) is 23.2 Å². The van der Waals surface area contributed by atoms with E-state index in [1.807, 2.05) is 0 Å². The molecule has 1 aliphatic rings. The molecule has 0 amide bonds. The van der Waals surface area contributed by atoms with Crippen molar-refractivity contribution in [3.8, 4) is 0 Å². The molecule has 1 rings (SSSR count). The molecule has 2 nitrogen and oxygen atoms in total. The van der Waals surface area contributed by atoms with E-state index in [4.69, 9.17) is 8.57 Å². The van der Waals surface area contributed by atoms with Crippen LogP contribution in [0.5, 0.6) is 0 Å². The molecule has 0 N–H and O–H groups in total. The molecule has 0 radical (unpaired) electrons. The van der Waals surface area contributed by atoms with Crippen LogP contribution >= 0.6 is 16.3 Å². The van der Waals surface area contributed by atoms with Crippen molar-refractivity contribution in [1.29, 1.82) is 0 Å². The Labute approximate surface area is 102 Å². The minimum atomic E-state index is 0.252. The Balaban J connectivity index is 2.15. The largest absolute Gasteiger partial charge is 0.375 e. The second kappa shape index (κ2) is 8.54. The average Bonchev–Trinajstić information content (AvgIpc) is 2.30. The van der Waals surface area contributed by atoms with Crippen molar-refractivity contribution in [1.82, 2.24) is 0 Å². The summed E-state index contributed by atoms with van der Waals surface area (Å²) in [5, 5.41) is 0. The van der Waals surface area contributed by atoms with Crippen molar-refractivity contribution < 1.29 is 8.57 Å². The zero-order chi connectivity index (χ0) is 10.9. The van der Waals surface area contributed by atoms with Gasteiger partial charge in [0.05, 0.1) is 28.5 Å². The van der Waals surface area contributed by atoms with E-state index in [9.17, 15) is 0 Å². The third-order valence-electron chi connectivity index (χ3n) is 3.09. The van der Waals surface area contributed by atoms with Gasteiger partial charge in [-0.15, -0.1) is 0 Å². The molecule has 2 atom stereocenters. The first-order chi connectivity index (χ1) is 7.38. The van der Waals surface area contributed by atoms with E-state index < -0.39 is 0 Å². The van der Waals surface area contributed by atoms with Gasteiger partial charge in [-0.25, -0.2) is 0 Å². The van der Waals surface area contributed by atoms with Crippen molar-refractivity contribution in [3.63, 3.8) is 0 Å². The molecule has 1 heterocycles. The number of hydrogen-bond donors (Lipinski definition) is 0. The number of hydrogen-bond acceptors (Lipinski definition) is 2. The van der Waals surface area contributed by atoms with Crippen LogP contribution < -0.4 is 0 Å². The Hall–Kier alpha value is 0.400. The van der Waals surface area contributed by atoms with Gasteiger partial charge in [-0.2, -0.15) is 0 Å². The molecule has 2 unspecified atom stereocenters. The first-order valence-electron chi connectivity index (χ1n) is 6.27. The van der Waals surface area contributed by atoms with Crippen LogP contribution in [0, 0.1) is 0 Å². The van der Waals surface area contributed by atoms with Crippen molar-refractivity contribution in [2.75, 3.05) is 6.61 Å². The molecule has 0 bridgehead atoms. The van der Waals surface area contributed by atoms with E-state index in [-0.39, 0.29) is 6.10 Å².